The number of carbonyl (C=O) groups is 1. The van der Waals surface area contributed by atoms with E-state index in [0.717, 1.165) is 16.6 Å². The van der Waals surface area contributed by atoms with Gasteiger partial charge in [-0.3, -0.25) is 13.8 Å². The number of aromatic amines is 1. The number of H-pyrrole nitrogens is 1. The van der Waals surface area contributed by atoms with Crippen molar-refractivity contribution < 1.29 is 31.2 Å². The van der Waals surface area contributed by atoms with E-state index in [4.69, 9.17) is 19.3 Å². The van der Waals surface area contributed by atoms with E-state index in [1.165, 1.54) is 24.0 Å². The molecule has 0 saturated heterocycles. The highest BCUT2D eigenvalue weighted by atomic mass is 32.2. The van der Waals surface area contributed by atoms with Crippen LogP contribution in [0.25, 0.3) is 33.3 Å². The molecule has 4 heterocycles. The first kappa shape index (κ1) is 24.5. The van der Waals surface area contributed by atoms with Crippen molar-refractivity contribution in [3.05, 3.63) is 45.8 Å². The lowest BCUT2D eigenvalue weighted by molar-refractivity contribution is 0.177. The average Bonchev–Trinajstić information content (AvgIpc) is 3.60. The molecule has 6 rings (SSSR count). The van der Waals surface area contributed by atoms with Crippen molar-refractivity contribution in [3.8, 4) is 40.2 Å². The van der Waals surface area contributed by atoms with E-state index >= 15 is 4.39 Å². The Morgan fingerprint density at radius 1 is 1.42 bits per heavy atom. The van der Waals surface area contributed by atoms with Crippen LogP contribution in [0.15, 0.2) is 23.1 Å². The molecule has 0 atom stereocenters. The molecule has 3 aromatic heterocycles. The van der Waals surface area contributed by atoms with Gasteiger partial charge in [0.25, 0.3) is 5.56 Å². The lowest BCUT2D eigenvalue weighted by atomic mass is 9.96. The standard InChI is InChI=1S/C26H24FN9O6S/c1-30-25(38)41-24-20-12(17(9-29)33-34-23(20)37)6-16(32-24)14-10-31-35(2)21(14)19-13(8-28)22-18(7-15(19)27)36(43(3,39)40)11-26(42-22)4-5-26/h6-7,10H,4-5,9,11,29H2,1-3H3,(H,30,38)(H,34,37)/i1D3. The number of amides is 1. The molecule has 2 aliphatic rings. The van der Waals surface area contributed by atoms with Gasteiger partial charge in [-0.05, 0) is 18.9 Å². The van der Waals surface area contributed by atoms with E-state index in [1.54, 1.807) is 5.32 Å². The summed E-state index contributed by atoms with van der Waals surface area (Å²) in [5, 5.41) is 22.2. The van der Waals surface area contributed by atoms with Gasteiger partial charge in [-0.1, -0.05) is 0 Å². The first-order valence-electron chi connectivity index (χ1n) is 14.1. The Hall–Kier alpha value is -5.08. The van der Waals surface area contributed by atoms with Crippen LogP contribution < -0.4 is 30.4 Å². The van der Waals surface area contributed by atoms with E-state index < -0.39 is 45.9 Å². The highest BCUT2D eigenvalue weighted by Crippen LogP contribution is 2.53. The van der Waals surface area contributed by atoms with Gasteiger partial charge >= 0.3 is 6.09 Å². The number of nitrogens with zero attached hydrogens (tertiary/aromatic N) is 6. The van der Waals surface area contributed by atoms with Crippen molar-refractivity contribution in [2.24, 2.45) is 12.8 Å². The van der Waals surface area contributed by atoms with E-state index in [9.17, 15) is 23.3 Å². The van der Waals surface area contributed by atoms with E-state index in [1.807, 2.05) is 6.07 Å². The highest BCUT2D eigenvalue weighted by Gasteiger charge is 2.53. The molecule has 17 heteroatoms. The molecule has 15 nitrogen and oxygen atoms in total. The van der Waals surface area contributed by atoms with Crippen molar-refractivity contribution in [1.29, 1.82) is 5.26 Å². The lowest BCUT2D eigenvalue weighted by Crippen LogP contribution is -2.45. The molecule has 1 amide bonds. The third kappa shape index (κ3) is 4.51. The second-order valence-electron chi connectivity index (χ2n) is 10.1. The number of rotatable bonds is 5. The summed E-state index contributed by atoms with van der Waals surface area (Å²) in [5.41, 5.74) is 3.63. The quantitative estimate of drug-likeness (QED) is 0.292. The number of aromatic nitrogens is 5. The molecule has 43 heavy (non-hydrogen) atoms. The SMILES string of the molecule is [2H]C([2H])([2H])NC(=O)Oc1nc(-c2cnn(C)c2-c2c(F)cc3c(c2C#N)OC2(CC2)CN3S(C)(=O)=O)cc2c(CN)n[nH]c(=O)c12. The van der Waals surface area contributed by atoms with Gasteiger partial charge in [-0.25, -0.2) is 27.7 Å². The van der Waals surface area contributed by atoms with Crippen LogP contribution >= 0.6 is 0 Å². The number of aryl methyl sites for hydroxylation is 1. The number of hydrogen-bond donors (Lipinski definition) is 3. The molecule has 1 saturated carbocycles. The van der Waals surface area contributed by atoms with Gasteiger partial charge in [0.15, 0.2) is 5.75 Å². The third-order valence-corrected chi connectivity index (χ3v) is 8.43. The number of nitrogens with two attached hydrogens (primary N) is 1. The number of benzene rings is 1. The molecular weight excluding hydrogens is 585 g/mol. The van der Waals surface area contributed by atoms with Gasteiger partial charge in [-0.2, -0.15) is 15.5 Å². The Morgan fingerprint density at radius 3 is 2.84 bits per heavy atom. The summed E-state index contributed by atoms with van der Waals surface area (Å²) in [4.78, 5) is 29.6. The summed E-state index contributed by atoms with van der Waals surface area (Å²) in [5.74, 6) is -1.70. The number of nitriles is 1. The van der Waals surface area contributed by atoms with Gasteiger partial charge in [0.1, 0.15) is 28.4 Å². The first-order chi connectivity index (χ1) is 21.6. The summed E-state index contributed by atoms with van der Waals surface area (Å²) in [6.45, 7) is -3.15. The van der Waals surface area contributed by atoms with Gasteiger partial charge in [0.2, 0.25) is 15.9 Å². The van der Waals surface area contributed by atoms with Gasteiger partial charge in [0.05, 0.1) is 47.3 Å². The summed E-state index contributed by atoms with van der Waals surface area (Å²) in [7, 11) is -2.41. The average molecular weight is 613 g/mol. The van der Waals surface area contributed by atoms with E-state index in [0.29, 0.717) is 12.8 Å². The fraction of sp³-hybridized carbons (Fsp3) is 0.308. The maximum atomic E-state index is 16.2. The van der Waals surface area contributed by atoms with Crippen LogP contribution in [0.3, 0.4) is 0 Å². The summed E-state index contributed by atoms with van der Waals surface area (Å²) in [6, 6.07) is 4.30. The van der Waals surface area contributed by atoms with E-state index in [2.05, 4.69) is 20.3 Å². The Balaban J connectivity index is 1.59. The number of carbonyl (C=O) groups excluding carboxylic acids is 1. The van der Waals surface area contributed by atoms with Crippen LogP contribution in [0.4, 0.5) is 14.9 Å². The smallest absolute Gasteiger partial charge is 0.413 e. The van der Waals surface area contributed by atoms with Crippen molar-refractivity contribution in [1.82, 2.24) is 30.3 Å². The topological polar surface area (TPSA) is 211 Å². The highest BCUT2D eigenvalue weighted by molar-refractivity contribution is 7.92. The summed E-state index contributed by atoms with van der Waals surface area (Å²) < 4.78 is 77.0. The molecular formula is C26H24FN9O6S. The minimum Gasteiger partial charge on any atom is -0.482 e. The fourth-order valence-corrected chi connectivity index (χ4v) is 6.10. The predicted octanol–water partition coefficient (Wildman–Crippen LogP) is 1.26. The number of anilines is 1. The zero-order valence-electron chi connectivity index (χ0n) is 25.6. The molecule has 1 aromatic carbocycles. The number of sulfonamides is 1. The number of nitrogens with one attached hydrogen (secondary N) is 2. The molecule has 222 valence electrons. The van der Waals surface area contributed by atoms with Crippen LogP contribution in [0.5, 0.6) is 11.6 Å². The first-order valence-corrected chi connectivity index (χ1v) is 14.5. The molecule has 1 aliphatic carbocycles. The van der Waals surface area contributed by atoms with Crippen LogP contribution in [-0.4, -0.2) is 64.9 Å². The molecule has 0 bridgehead atoms. The molecule has 4 N–H and O–H groups in total. The van der Waals surface area contributed by atoms with Crippen LogP contribution in [0.2, 0.25) is 0 Å². The molecule has 1 fully saturated rings. The maximum absolute atomic E-state index is 16.2. The molecule has 4 aromatic rings. The number of hydrogen-bond acceptors (Lipinski definition) is 11. The Labute approximate surface area is 247 Å². The number of halogens is 1. The second kappa shape index (κ2) is 9.74. The minimum absolute atomic E-state index is 0.00128. The lowest BCUT2D eigenvalue weighted by Gasteiger charge is -2.36. The monoisotopic (exact) mass is 612 g/mol. The van der Waals surface area contributed by atoms with Crippen LogP contribution in [0, 0.1) is 17.1 Å². The summed E-state index contributed by atoms with van der Waals surface area (Å²) in [6.07, 6.45) is 1.88. The normalized spacial score (nSPS) is 16.4. The number of pyridine rings is 1. The maximum Gasteiger partial charge on any atom is 0.413 e. The van der Waals surface area contributed by atoms with E-state index in [-0.39, 0.29) is 69.1 Å². The van der Waals surface area contributed by atoms with Crippen molar-refractivity contribution in [3.63, 3.8) is 0 Å². The predicted molar refractivity (Wildman–Crippen MR) is 150 cm³/mol. The molecule has 0 radical (unpaired) electrons. The molecule has 0 unspecified atom stereocenters. The molecule has 1 aliphatic heterocycles. The van der Waals surface area contributed by atoms with Crippen LogP contribution in [0.1, 0.15) is 28.2 Å². The van der Waals surface area contributed by atoms with Crippen LogP contribution in [-0.2, 0) is 23.6 Å². The largest absolute Gasteiger partial charge is 0.482 e. The zero-order chi connectivity index (χ0) is 33.3. The minimum atomic E-state index is -3.87. The van der Waals surface area contributed by atoms with Crippen molar-refractivity contribution in [2.75, 3.05) is 24.1 Å². The Kier molecular flexibility index (Phi) is 5.55. The fourth-order valence-electron chi connectivity index (χ4n) is 5.14. The zero-order valence-corrected chi connectivity index (χ0v) is 23.4. The van der Waals surface area contributed by atoms with Crippen molar-refractivity contribution >= 4 is 32.6 Å². The van der Waals surface area contributed by atoms with Gasteiger partial charge in [0, 0.05) is 41.7 Å². The van der Waals surface area contributed by atoms with Gasteiger partial charge in [-0.15, -0.1) is 0 Å². The Morgan fingerprint density at radius 2 is 2.19 bits per heavy atom. The number of ether oxygens (including phenoxy) is 2. The number of fused-ring (bicyclic) bond motifs is 2. The summed E-state index contributed by atoms with van der Waals surface area (Å²) >= 11 is 0. The third-order valence-electron chi connectivity index (χ3n) is 7.30. The Bertz CT molecular complexity index is 2170. The van der Waals surface area contributed by atoms with Crippen molar-refractivity contribution in [2.45, 2.75) is 25.0 Å². The molecule has 1 spiro atoms. The second-order valence-corrected chi connectivity index (χ2v) is 12.0. The van der Waals surface area contributed by atoms with Gasteiger partial charge < -0.3 is 20.5 Å².